The molecule has 7 heteroatoms. The van der Waals surface area contributed by atoms with Crippen LogP contribution >= 0.6 is 0 Å². The number of hydrogen-bond acceptors (Lipinski definition) is 5. The van der Waals surface area contributed by atoms with Gasteiger partial charge in [0, 0.05) is 13.6 Å². The van der Waals surface area contributed by atoms with Crippen molar-refractivity contribution in [3.05, 3.63) is 59.7 Å². The predicted octanol–water partition coefficient (Wildman–Crippen LogP) is 3.06. The monoisotopic (exact) mass is 442 g/mol. The summed E-state index contributed by atoms with van der Waals surface area (Å²) in [4.78, 5) is 27.0. The summed E-state index contributed by atoms with van der Waals surface area (Å²) in [6.07, 6.45) is 0.654. The second-order valence-electron chi connectivity index (χ2n) is 7.97. The zero-order valence-electron chi connectivity index (χ0n) is 19.6. The van der Waals surface area contributed by atoms with Crippen molar-refractivity contribution in [3.8, 4) is 11.5 Å². The first-order valence-electron chi connectivity index (χ1n) is 10.7. The molecule has 0 saturated carbocycles. The third kappa shape index (κ3) is 7.57. The molecule has 0 spiro atoms. The van der Waals surface area contributed by atoms with Crippen LogP contribution in [-0.4, -0.2) is 57.2 Å². The minimum atomic E-state index is -0.613. The van der Waals surface area contributed by atoms with E-state index >= 15 is 0 Å². The van der Waals surface area contributed by atoms with Crippen LogP contribution < -0.4 is 14.8 Å². The summed E-state index contributed by atoms with van der Waals surface area (Å²) in [5.74, 6) is 0.835. The zero-order chi connectivity index (χ0) is 23.5. The van der Waals surface area contributed by atoms with Crippen molar-refractivity contribution >= 4 is 11.8 Å². The van der Waals surface area contributed by atoms with Crippen LogP contribution in [0.2, 0.25) is 0 Å². The van der Waals surface area contributed by atoms with Gasteiger partial charge in [0.15, 0.2) is 11.5 Å². The molecule has 32 heavy (non-hydrogen) atoms. The van der Waals surface area contributed by atoms with Crippen molar-refractivity contribution in [1.29, 1.82) is 0 Å². The van der Waals surface area contributed by atoms with Crippen molar-refractivity contribution in [2.24, 2.45) is 5.92 Å². The molecule has 2 aromatic rings. The topological polar surface area (TPSA) is 77.1 Å². The van der Waals surface area contributed by atoms with E-state index in [2.05, 4.69) is 5.32 Å². The van der Waals surface area contributed by atoms with Gasteiger partial charge in [0.05, 0.1) is 20.8 Å². The lowest BCUT2D eigenvalue weighted by Crippen LogP contribution is -2.51. The average molecular weight is 443 g/mol. The Bertz CT molecular complexity index is 870. The molecule has 0 saturated heterocycles. The summed E-state index contributed by atoms with van der Waals surface area (Å²) in [5, 5.41) is 2.82. The minimum absolute atomic E-state index is 0.0518. The minimum Gasteiger partial charge on any atom is -0.493 e. The number of benzene rings is 2. The number of methoxy groups -OCH3 is 2. The molecule has 0 heterocycles. The Labute approximate surface area is 190 Å². The summed E-state index contributed by atoms with van der Waals surface area (Å²) in [5.41, 5.74) is 2.02. The van der Waals surface area contributed by atoms with Gasteiger partial charge in [-0.15, -0.1) is 0 Å². The van der Waals surface area contributed by atoms with Gasteiger partial charge in [0.2, 0.25) is 11.8 Å². The number of likely N-dealkylation sites (N-methyl/N-ethyl adjacent to an activating group) is 1. The van der Waals surface area contributed by atoms with Crippen LogP contribution in [-0.2, 0) is 27.4 Å². The fourth-order valence-electron chi connectivity index (χ4n) is 3.25. The molecule has 0 aliphatic carbocycles. The first-order chi connectivity index (χ1) is 15.3. The highest BCUT2D eigenvalue weighted by Crippen LogP contribution is 2.27. The van der Waals surface area contributed by atoms with E-state index in [1.165, 1.54) is 0 Å². The van der Waals surface area contributed by atoms with Gasteiger partial charge in [0.25, 0.3) is 0 Å². The lowest BCUT2D eigenvalue weighted by molar-refractivity contribution is -0.138. The van der Waals surface area contributed by atoms with Gasteiger partial charge < -0.3 is 24.4 Å². The van der Waals surface area contributed by atoms with Gasteiger partial charge in [-0.25, -0.2) is 0 Å². The molecule has 0 fully saturated rings. The zero-order valence-corrected chi connectivity index (χ0v) is 19.6. The number of nitrogens with zero attached hydrogens (tertiary/aromatic N) is 1. The SMILES string of the molecule is COc1ccc(CCN(C)C(=O)C(NC(=O)COCc2ccccc2)C(C)C)cc1OC. The molecule has 0 radical (unpaired) electrons. The highest BCUT2D eigenvalue weighted by Gasteiger charge is 2.26. The molecular weight excluding hydrogens is 408 g/mol. The van der Waals surface area contributed by atoms with Crippen molar-refractivity contribution in [1.82, 2.24) is 10.2 Å². The van der Waals surface area contributed by atoms with E-state index in [1.54, 1.807) is 26.2 Å². The second kappa shape index (κ2) is 12.7. The number of rotatable bonds is 12. The van der Waals surface area contributed by atoms with Crippen LogP contribution in [0.5, 0.6) is 11.5 Å². The molecule has 0 aliphatic rings. The summed E-state index contributed by atoms with van der Waals surface area (Å²) in [6, 6.07) is 14.7. The largest absolute Gasteiger partial charge is 0.493 e. The fraction of sp³-hybridized carbons (Fsp3) is 0.440. The summed E-state index contributed by atoms with van der Waals surface area (Å²) >= 11 is 0. The average Bonchev–Trinajstić information content (AvgIpc) is 2.80. The normalized spacial score (nSPS) is 11.7. The molecule has 7 nitrogen and oxygen atoms in total. The Kier molecular flexibility index (Phi) is 10.0. The van der Waals surface area contributed by atoms with Crippen molar-refractivity contribution in [2.75, 3.05) is 34.4 Å². The summed E-state index contributed by atoms with van der Waals surface area (Å²) in [7, 11) is 4.93. The molecule has 174 valence electrons. The Balaban J connectivity index is 1.87. The standard InChI is InChI=1S/C25H34N2O5/c1-18(2)24(26-23(28)17-32-16-20-9-7-6-8-10-20)25(29)27(3)14-13-19-11-12-21(30-4)22(15-19)31-5/h6-12,15,18,24H,13-14,16-17H2,1-5H3,(H,26,28). The predicted molar refractivity (Wildman–Crippen MR) is 124 cm³/mol. The molecule has 2 amide bonds. The summed E-state index contributed by atoms with van der Waals surface area (Å²) in [6.45, 7) is 4.59. The molecule has 0 aromatic heterocycles. The van der Waals surface area contributed by atoms with E-state index in [0.29, 0.717) is 31.1 Å². The van der Waals surface area contributed by atoms with Crippen LogP contribution in [0.15, 0.2) is 48.5 Å². The smallest absolute Gasteiger partial charge is 0.246 e. The number of carbonyl (C=O) groups is 2. The van der Waals surface area contributed by atoms with Gasteiger partial charge in [0.1, 0.15) is 12.6 Å². The molecule has 0 bridgehead atoms. The van der Waals surface area contributed by atoms with Crippen LogP contribution in [0.4, 0.5) is 0 Å². The second-order valence-corrected chi connectivity index (χ2v) is 7.97. The third-order valence-corrected chi connectivity index (χ3v) is 5.15. The number of nitrogens with one attached hydrogen (secondary N) is 1. The van der Waals surface area contributed by atoms with Gasteiger partial charge in [-0.2, -0.15) is 0 Å². The fourth-order valence-corrected chi connectivity index (χ4v) is 3.25. The Hall–Kier alpha value is -3.06. The van der Waals surface area contributed by atoms with Crippen molar-refractivity contribution in [3.63, 3.8) is 0 Å². The van der Waals surface area contributed by atoms with E-state index < -0.39 is 6.04 Å². The van der Waals surface area contributed by atoms with E-state index in [-0.39, 0.29) is 24.3 Å². The molecule has 2 aromatic carbocycles. The molecule has 0 aliphatic heterocycles. The Morgan fingerprint density at radius 2 is 1.66 bits per heavy atom. The maximum absolute atomic E-state index is 13.0. The maximum atomic E-state index is 13.0. The van der Waals surface area contributed by atoms with Crippen LogP contribution in [0.25, 0.3) is 0 Å². The maximum Gasteiger partial charge on any atom is 0.246 e. The Morgan fingerprint density at radius 1 is 0.969 bits per heavy atom. The number of ether oxygens (including phenoxy) is 3. The first-order valence-corrected chi connectivity index (χ1v) is 10.7. The van der Waals surface area contributed by atoms with Gasteiger partial charge >= 0.3 is 0 Å². The van der Waals surface area contributed by atoms with E-state index in [9.17, 15) is 9.59 Å². The van der Waals surface area contributed by atoms with Crippen LogP contribution in [0.1, 0.15) is 25.0 Å². The van der Waals surface area contributed by atoms with Crippen molar-refractivity contribution in [2.45, 2.75) is 32.9 Å². The molecule has 1 N–H and O–H groups in total. The van der Waals surface area contributed by atoms with E-state index in [1.807, 2.05) is 62.4 Å². The highest BCUT2D eigenvalue weighted by molar-refractivity contribution is 5.88. The highest BCUT2D eigenvalue weighted by atomic mass is 16.5. The number of hydrogen-bond donors (Lipinski definition) is 1. The Morgan fingerprint density at radius 3 is 2.28 bits per heavy atom. The molecular formula is C25H34N2O5. The van der Waals surface area contributed by atoms with Crippen LogP contribution in [0.3, 0.4) is 0 Å². The van der Waals surface area contributed by atoms with E-state index in [4.69, 9.17) is 14.2 Å². The van der Waals surface area contributed by atoms with Crippen LogP contribution in [0, 0.1) is 5.92 Å². The molecule has 1 unspecified atom stereocenters. The summed E-state index contributed by atoms with van der Waals surface area (Å²) < 4.78 is 16.1. The lowest BCUT2D eigenvalue weighted by atomic mass is 10.0. The van der Waals surface area contributed by atoms with Gasteiger partial charge in [-0.1, -0.05) is 50.2 Å². The quantitative estimate of drug-likeness (QED) is 0.547. The number of amides is 2. The van der Waals surface area contributed by atoms with E-state index in [0.717, 1.165) is 11.1 Å². The van der Waals surface area contributed by atoms with Crippen molar-refractivity contribution < 1.29 is 23.8 Å². The van der Waals surface area contributed by atoms with Gasteiger partial charge in [-0.3, -0.25) is 9.59 Å². The van der Waals surface area contributed by atoms with Gasteiger partial charge in [-0.05, 0) is 35.6 Å². The molecule has 1 atom stereocenters. The third-order valence-electron chi connectivity index (χ3n) is 5.15. The lowest BCUT2D eigenvalue weighted by Gasteiger charge is -2.27. The first kappa shape index (κ1) is 25.2. The number of carbonyl (C=O) groups excluding carboxylic acids is 2. The molecule has 2 rings (SSSR count).